The van der Waals surface area contributed by atoms with Crippen LogP contribution in [-0.2, 0) is 22.6 Å². The van der Waals surface area contributed by atoms with Gasteiger partial charge in [0.25, 0.3) is 5.69 Å². The first-order valence-electron chi connectivity index (χ1n) is 9.51. The zero-order valence-corrected chi connectivity index (χ0v) is 18.2. The minimum Gasteiger partial charge on any atom is -0.355 e. The number of nitrogens with one attached hydrogen (secondary N) is 1. The number of amides is 2. The van der Waals surface area contributed by atoms with Crippen LogP contribution in [0.25, 0.3) is 0 Å². The summed E-state index contributed by atoms with van der Waals surface area (Å²) in [7, 11) is 0. The van der Waals surface area contributed by atoms with Gasteiger partial charge in [0.15, 0.2) is 0 Å². The van der Waals surface area contributed by atoms with Crippen LogP contribution >= 0.6 is 23.2 Å². The minimum absolute atomic E-state index is 0.0745. The molecule has 0 aromatic heterocycles. The second-order valence-corrected chi connectivity index (χ2v) is 7.48. The average molecular weight is 452 g/mol. The number of nitro groups is 1. The number of hydrogen-bond acceptors (Lipinski definition) is 4. The SMILES string of the molecule is CCNC(=O)C(CC)N(Cc1ccc(Cl)cc1Cl)C(=O)Cc1ccccc1[N+](=O)[O-]. The summed E-state index contributed by atoms with van der Waals surface area (Å²) in [5.41, 5.74) is 0.770. The number of halogens is 2. The Balaban J connectivity index is 2.40. The van der Waals surface area contributed by atoms with Crippen LogP contribution in [0.4, 0.5) is 5.69 Å². The molecule has 30 heavy (non-hydrogen) atoms. The molecule has 0 aliphatic heterocycles. The van der Waals surface area contributed by atoms with E-state index in [9.17, 15) is 19.7 Å². The van der Waals surface area contributed by atoms with Crippen molar-refractivity contribution in [2.24, 2.45) is 0 Å². The number of hydrogen-bond donors (Lipinski definition) is 1. The fourth-order valence-electron chi connectivity index (χ4n) is 3.15. The second kappa shape index (κ2) is 10.9. The van der Waals surface area contributed by atoms with Gasteiger partial charge in [-0.1, -0.05) is 54.4 Å². The Kier molecular flexibility index (Phi) is 8.62. The lowest BCUT2D eigenvalue weighted by atomic mass is 10.1. The van der Waals surface area contributed by atoms with Crippen molar-refractivity contribution in [3.63, 3.8) is 0 Å². The number of para-hydroxylation sites is 1. The standard InChI is InChI=1S/C21H23Cl2N3O4/c1-3-18(21(28)24-4-2)25(13-15-9-10-16(22)12-17(15)23)20(27)11-14-7-5-6-8-19(14)26(29)30/h5-10,12,18H,3-4,11,13H2,1-2H3,(H,24,28). The van der Waals surface area contributed by atoms with Crippen LogP contribution in [0.1, 0.15) is 31.4 Å². The van der Waals surface area contributed by atoms with Gasteiger partial charge in [-0.05, 0) is 31.0 Å². The summed E-state index contributed by atoms with van der Waals surface area (Å²) in [6, 6.07) is 10.2. The lowest BCUT2D eigenvalue weighted by molar-refractivity contribution is -0.385. The van der Waals surface area contributed by atoms with Gasteiger partial charge in [0.05, 0.1) is 11.3 Å². The molecule has 1 atom stereocenters. The second-order valence-electron chi connectivity index (χ2n) is 6.64. The summed E-state index contributed by atoms with van der Waals surface area (Å²) in [5.74, 6) is -0.700. The smallest absolute Gasteiger partial charge is 0.273 e. The van der Waals surface area contributed by atoms with Crippen molar-refractivity contribution in [1.29, 1.82) is 0 Å². The van der Waals surface area contributed by atoms with E-state index in [1.54, 1.807) is 44.2 Å². The number of likely N-dealkylation sites (N-methyl/N-ethyl adjacent to an activating group) is 1. The predicted octanol–water partition coefficient (Wildman–Crippen LogP) is 4.39. The Morgan fingerprint density at radius 1 is 1.13 bits per heavy atom. The number of carbonyl (C=O) groups is 2. The average Bonchev–Trinajstić information content (AvgIpc) is 2.69. The molecule has 1 N–H and O–H groups in total. The summed E-state index contributed by atoms with van der Waals surface area (Å²) in [5, 5.41) is 14.9. The highest BCUT2D eigenvalue weighted by atomic mass is 35.5. The lowest BCUT2D eigenvalue weighted by Crippen LogP contribution is -2.49. The highest BCUT2D eigenvalue weighted by Crippen LogP contribution is 2.25. The van der Waals surface area contributed by atoms with Gasteiger partial charge in [-0.15, -0.1) is 0 Å². The molecule has 2 rings (SSSR count). The van der Waals surface area contributed by atoms with Gasteiger partial charge in [0.1, 0.15) is 6.04 Å². The number of rotatable bonds is 9. The van der Waals surface area contributed by atoms with Crippen molar-refractivity contribution in [3.8, 4) is 0 Å². The molecular formula is C21H23Cl2N3O4. The van der Waals surface area contributed by atoms with Gasteiger partial charge in [-0.3, -0.25) is 19.7 Å². The van der Waals surface area contributed by atoms with E-state index in [1.165, 1.54) is 17.0 Å². The molecule has 2 aromatic carbocycles. The molecule has 0 bridgehead atoms. The van der Waals surface area contributed by atoms with Crippen molar-refractivity contribution in [2.45, 2.75) is 39.3 Å². The van der Waals surface area contributed by atoms with E-state index < -0.39 is 16.9 Å². The maximum Gasteiger partial charge on any atom is 0.273 e. The van der Waals surface area contributed by atoms with Crippen LogP contribution in [0.15, 0.2) is 42.5 Å². The van der Waals surface area contributed by atoms with Crippen LogP contribution in [0.3, 0.4) is 0 Å². The van der Waals surface area contributed by atoms with Gasteiger partial charge in [0, 0.05) is 34.8 Å². The van der Waals surface area contributed by atoms with Gasteiger partial charge in [-0.2, -0.15) is 0 Å². The molecule has 0 radical (unpaired) electrons. The summed E-state index contributed by atoms with van der Waals surface area (Å²) < 4.78 is 0. The molecule has 9 heteroatoms. The molecular weight excluding hydrogens is 429 g/mol. The number of nitrogens with zero attached hydrogens (tertiary/aromatic N) is 2. The summed E-state index contributed by atoms with van der Waals surface area (Å²) in [6.45, 7) is 4.09. The minimum atomic E-state index is -0.744. The number of nitro benzene ring substituents is 1. The van der Waals surface area contributed by atoms with Crippen LogP contribution in [0, 0.1) is 10.1 Å². The molecule has 0 aliphatic rings. The molecule has 0 saturated heterocycles. The fourth-order valence-corrected chi connectivity index (χ4v) is 3.62. The van der Waals surface area contributed by atoms with E-state index in [0.29, 0.717) is 28.6 Å². The molecule has 7 nitrogen and oxygen atoms in total. The molecule has 0 fully saturated rings. The number of benzene rings is 2. The van der Waals surface area contributed by atoms with Crippen molar-refractivity contribution in [3.05, 3.63) is 73.8 Å². The Hall–Kier alpha value is -2.64. The first-order valence-corrected chi connectivity index (χ1v) is 10.3. The van der Waals surface area contributed by atoms with Gasteiger partial charge in [0.2, 0.25) is 11.8 Å². The Labute approximate surface area is 185 Å². The Morgan fingerprint density at radius 3 is 2.43 bits per heavy atom. The van der Waals surface area contributed by atoms with E-state index >= 15 is 0 Å². The van der Waals surface area contributed by atoms with E-state index in [4.69, 9.17) is 23.2 Å². The monoisotopic (exact) mass is 451 g/mol. The highest BCUT2D eigenvalue weighted by Gasteiger charge is 2.30. The van der Waals surface area contributed by atoms with Crippen LogP contribution in [0.2, 0.25) is 10.0 Å². The van der Waals surface area contributed by atoms with E-state index in [2.05, 4.69) is 5.32 Å². The molecule has 0 spiro atoms. The van der Waals surface area contributed by atoms with Crippen molar-refractivity contribution in [2.75, 3.05) is 6.54 Å². The summed E-state index contributed by atoms with van der Waals surface area (Å²) >= 11 is 12.2. The zero-order valence-electron chi connectivity index (χ0n) is 16.7. The quantitative estimate of drug-likeness (QED) is 0.451. The first kappa shape index (κ1) is 23.6. The van der Waals surface area contributed by atoms with Crippen LogP contribution in [-0.4, -0.2) is 34.2 Å². The Bertz CT molecular complexity index is 936. The first-order chi connectivity index (χ1) is 14.3. The third kappa shape index (κ3) is 5.93. The molecule has 1 unspecified atom stereocenters. The molecule has 0 saturated carbocycles. The highest BCUT2D eigenvalue weighted by molar-refractivity contribution is 6.35. The topological polar surface area (TPSA) is 92.6 Å². The molecule has 2 aromatic rings. The maximum absolute atomic E-state index is 13.2. The van der Waals surface area contributed by atoms with Crippen molar-refractivity contribution >= 4 is 40.7 Å². The van der Waals surface area contributed by atoms with E-state index in [0.717, 1.165) is 0 Å². The third-order valence-corrected chi connectivity index (χ3v) is 5.21. The largest absolute Gasteiger partial charge is 0.355 e. The molecule has 2 amide bonds. The van der Waals surface area contributed by atoms with Crippen molar-refractivity contribution in [1.82, 2.24) is 10.2 Å². The predicted molar refractivity (Wildman–Crippen MR) is 117 cm³/mol. The van der Waals surface area contributed by atoms with Gasteiger partial charge in [-0.25, -0.2) is 0 Å². The molecule has 160 valence electrons. The summed E-state index contributed by atoms with van der Waals surface area (Å²) in [4.78, 5) is 38.0. The molecule has 0 heterocycles. The third-order valence-electron chi connectivity index (χ3n) is 4.62. The zero-order chi connectivity index (χ0) is 22.3. The Morgan fingerprint density at radius 2 is 1.83 bits per heavy atom. The van der Waals surface area contributed by atoms with E-state index in [-0.39, 0.29) is 30.1 Å². The van der Waals surface area contributed by atoms with Gasteiger partial charge < -0.3 is 10.2 Å². The lowest BCUT2D eigenvalue weighted by Gasteiger charge is -2.31. The maximum atomic E-state index is 13.2. The normalized spacial score (nSPS) is 11.6. The van der Waals surface area contributed by atoms with Crippen LogP contribution in [0.5, 0.6) is 0 Å². The van der Waals surface area contributed by atoms with E-state index in [1.807, 2.05) is 0 Å². The number of carbonyl (C=O) groups excluding carboxylic acids is 2. The fraction of sp³-hybridized carbons (Fsp3) is 0.333. The van der Waals surface area contributed by atoms with Gasteiger partial charge >= 0.3 is 0 Å². The van der Waals surface area contributed by atoms with Crippen LogP contribution < -0.4 is 5.32 Å². The molecule has 0 aliphatic carbocycles. The summed E-state index contributed by atoms with van der Waals surface area (Å²) in [6.07, 6.45) is 0.165. The van der Waals surface area contributed by atoms with Crippen molar-refractivity contribution < 1.29 is 14.5 Å².